The standard InChI is InChI=1S/C22H29BrN2O6/c1-6-7-12-29-20(26)18-13-24(21(27)30-14(2)3)25(22(28)31-15(4)5)19(18)16-8-10-17(23)11-9-16/h8-11,13-15,19H,6-7,12H2,1-5H3. The Morgan fingerprint density at radius 3 is 2.13 bits per heavy atom. The Bertz CT molecular complexity index is 822. The van der Waals surface area contributed by atoms with Crippen LogP contribution in [0.3, 0.4) is 0 Å². The van der Waals surface area contributed by atoms with Crippen LogP contribution < -0.4 is 0 Å². The second-order valence-electron chi connectivity index (χ2n) is 7.58. The Hall–Kier alpha value is -2.55. The molecule has 1 unspecified atom stereocenters. The average molecular weight is 497 g/mol. The molecule has 0 saturated heterocycles. The van der Waals surface area contributed by atoms with Crippen LogP contribution in [0.15, 0.2) is 40.5 Å². The number of benzene rings is 1. The van der Waals surface area contributed by atoms with E-state index in [2.05, 4.69) is 15.9 Å². The van der Waals surface area contributed by atoms with Crippen molar-refractivity contribution < 1.29 is 28.6 Å². The first-order valence-electron chi connectivity index (χ1n) is 10.3. The lowest BCUT2D eigenvalue weighted by Gasteiger charge is -2.32. The zero-order valence-electron chi connectivity index (χ0n) is 18.5. The summed E-state index contributed by atoms with van der Waals surface area (Å²) in [7, 11) is 0. The number of nitrogens with zero attached hydrogens (tertiary/aromatic N) is 2. The van der Waals surface area contributed by atoms with Gasteiger partial charge >= 0.3 is 18.2 Å². The Labute approximate surface area is 191 Å². The molecule has 9 heteroatoms. The van der Waals surface area contributed by atoms with Crippen LogP contribution in [0.5, 0.6) is 0 Å². The van der Waals surface area contributed by atoms with E-state index in [0.717, 1.165) is 20.9 Å². The van der Waals surface area contributed by atoms with Crippen molar-refractivity contribution in [1.29, 1.82) is 0 Å². The quantitative estimate of drug-likeness (QED) is 0.287. The molecular formula is C22H29BrN2O6. The summed E-state index contributed by atoms with van der Waals surface area (Å²) >= 11 is 3.38. The van der Waals surface area contributed by atoms with Crippen LogP contribution in [0.1, 0.15) is 59.1 Å². The number of halogens is 1. The van der Waals surface area contributed by atoms with Gasteiger partial charge in [-0.15, -0.1) is 0 Å². The highest BCUT2D eigenvalue weighted by Crippen LogP contribution is 2.38. The van der Waals surface area contributed by atoms with Gasteiger partial charge in [0.25, 0.3) is 0 Å². The van der Waals surface area contributed by atoms with Gasteiger partial charge in [-0.25, -0.2) is 14.4 Å². The number of hydrogen-bond acceptors (Lipinski definition) is 6. The van der Waals surface area contributed by atoms with Crippen LogP contribution in [0, 0.1) is 0 Å². The summed E-state index contributed by atoms with van der Waals surface area (Å²) in [4.78, 5) is 38.7. The van der Waals surface area contributed by atoms with E-state index in [4.69, 9.17) is 14.2 Å². The summed E-state index contributed by atoms with van der Waals surface area (Å²) in [5.41, 5.74) is 0.752. The Morgan fingerprint density at radius 2 is 1.58 bits per heavy atom. The molecule has 0 fully saturated rings. The van der Waals surface area contributed by atoms with Crippen LogP contribution in [-0.2, 0) is 19.0 Å². The minimum absolute atomic E-state index is 0.139. The Morgan fingerprint density at radius 1 is 1.00 bits per heavy atom. The first-order chi connectivity index (χ1) is 14.6. The highest BCUT2D eigenvalue weighted by atomic mass is 79.9. The summed E-state index contributed by atoms with van der Waals surface area (Å²) in [6.45, 7) is 9.02. The van der Waals surface area contributed by atoms with Crippen molar-refractivity contribution in [3.05, 3.63) is 46.1 Å². The van der Waals surface area contributed by atoms with Crippen molar-refractivity contribution in [1.82, 2.24) is 10.0 Å². The van der Waals surface area contributed by atoms with Crippen LogP contribution in [0.4, 0.5) is 9.59 Å². The van der Waals surface area contributed by atoms with Gasteiger partial charge in [-0.2, -0.15) is 10.0 Å². The van der Waals surface area contributed by atoms with Crippen molar-refractivity contribution in [3.63, 3.8) is 0 Å². The topological polar surface area (TPSA) is 85.4 Å². The number of unbranched alkanes of at least 4 members (excludes halogenated alkanes) is 1. The maximum atomic E-state index is 13.0. The van der Waals surface area contributed by atoms with E-state index in [1.165, 1.54) is 6.20 Å². The van der Waals surface area contributed by atoms with Crippen LogP contribution in [0.25, 0.3) is 0 Å². The van der Waals surface area contributed by atoms with Crippen molar-refractivity contribution >= 4 is 34.1 Å². The lowest BCUT2D eigenvalue weighted by molar-refractivity contribution is -0.139. The molecule has 0 N–H and O–H groups in total. The highest BCUT2D eigenvalue weighted by molar-refractivity contribution is 9.10. The second-order valence-corrected chi connectivity index (χ2v) is 8.50. The van der Waals surface area contributed by atoms with Gasteiger partial charge in [0, 0.05) is 10.7 Å². The maximum absolute atomic E-state index is 13.0. The molecule has 31 heavy (non-hydrogen) atoms. The third-order valence-corrected chi connectivity index (χ3v) is 4.76. The molecule has 0 aliphatic carbocycles. The number of amides is 2. The van der Waals surface area contributed by atoms with Gasteiger partial charge in [-0.1, -0.05) is 41.4 Å². The Balaban J connectivity index is 2.51. The van der Waals surface area contributed by atoms with Crippen molar-refractivity contribution in [3.8, 4) is 0 Å². The first kappa shape index (κ1) is 24.7. The average Bonchev–Trinajstić information content (AvgIpc) is 3.08. The predicted molar refractivity (Wildman–Crippen MR) is 118 cm³/mol. The summed E-state index contributed by atoms with van der Waals surface area (Å²) in [5, 5.41) is 2.07. The second kappa shape index (κ2) is 11.2. The van der Waals surface area contributed by atoms with E-state index in [9.17, 15) is 14.4 Å². The number of carbonyl (C=O) groups excluding carboxylic acids is 3. The van der Waals surface area contributed by atoms with E-state index < -0.39 is 36.4 Å². The third kappa shape index (κ3) is 6.46. The number of ether oxygens (including phenoxy) is 3. The lowest BCUT2D eigenvalue weighted by atomic mass is 10.00. The van der Waals surface area contributed by atoms with Crippen molar-refractivity contribution in [2.75, 3.05) is 6.61 Å². The molecule has 1 atom stereocenters. The molecule has 0 saturated carbocycles. The van der Waals surface area contributed by atoms with Gasteiger partial charge in [0.05, 0.1) is 24.4 Å². The van der Waals surface area contributed by atoms with Gasteiger partial charge in [-0.05, 0) is 51.8 Å². The minimum atomic E-state index is -0.909. The van der Waals surface area contributed by atoms with E-state index in [1.54, 1.807) is 52.0 Å². The fourth-order valence-electron chi connectivity index (χ4n) is 2.89. The van der Waals surface area contributed by atoms with Crippen molar-refractivity contribution in [2.24, 2.45) is 0 Å². The number of hydrogen-bond donors (Lipinski definition) is 0. The van der Waals surface area contributed by atoms with E-state index in [-0.39, 0.29) is 12.2 Å². The molecule has 1 aromatic rings. The molecule has 0 spiro atoms. The van der Waals surface area contributed by atoms with Gasteiger partial charge < -0.3 is 14.2 Å². The lowest BCUT2D eigenvalue weighted by Crippen LogP contribution is -2.47. The molecule has 8 nitrogen and oxygen atoms in total. The fourth-order valence-corrected chi connectivity index (χ4v) is 3.15. The summed E-state index contributed by atoms with van der Waals surface area (Å²) < 4.78 is 16.9. The molecule has 0 bridgehead atoms. The monoisotopic (exact) mass is 496 g/mol. The van der Waals surface area contributed by atoms with E-state index in [1.807, 2.05) is 6.92 Å². The molecule has 1 aliphatic heterocycles. The van der Waals surface area contributed by atoms with E-state index >= 15 is 0 Å². The SMILES string of the molecule is CCCCOC(=O)C1=CN(C(=O)OC(C)C)N(C(=O)OC(C)C)C1c1ccc(Br)cc1. The molecule has 1 aliphatic rings. The fraction of sp³-hybridized carbons (Fsp3) is 0.500. The Kier molecular flexibility index (Phi) is 8.91. The van der Waals surface area contributed by atoms with Gasteiger partial charge in [0.1, 0.15) is 6.04 Å². The van der Waals surface area contributed by atoms with E-state index in [0.29, 0.717) is 12.0 Å². The molecule has 0 radical (unpaired) electrons. The number of carbonyl (C=O) groups is 3. The zero-order chi connectivity index (χ0) is 23.1. The predicted octanol–water partition coefficient (Wildman–Crippen LogP) is 5.34. The van der Waals surface area contributed by atoms with Gasteiger partial charge in [-0.3, -0.25) is 0 Å². The summed E-state index contributed by atoms with van der Waals surface area (Å²) in [6.07, 6.45) is 0.429. The number of rotatable bonds is 7. The summed E-state index contributed by atoms with van der Waals surface area (Å²) in [5.74, 6) is -0.608. The van der Waals surface area contributed by atoms with Crippen LogP contribution in [0.2, 0.25) is 0 Å². The molecule has 2 rings (SSSR count). The normalized spacial score (nSPS) is 15.9. The zero-order valence-corrected chi connectivity index (χ0v) is 20.0. The van der Waals surface area contributed by atoms with Crippen LogP contribution in [-0.4, -0.2) is 47.0 Å². The van der Waals surface area contributed by atoms with Gasteiger partial charge in [0.2, 0.25) is 0 Å². The number of esters is 1. The maximum Gasteiger partial charge on any atom is 0.433 e. The minimum Gasteiger partial charge on any atom is -0.462 e. The summed E-state index contributed by atoms with van der Waals surface area (Å²) in [6, 6.07) is 6.18. The molecule has 1 aromatic carbocycles. The molecule has 1 heterocycles. The third-order valence-electron chi connectivity index (χ3n) is 4.23. The first-order valence-corrected chi connectivity index (χ1v) is 11.1. The van der Waals surface area contributed by atoms with Crippen LogP contribution >= 0.6 is 15.9 Å². The van der Waals surface area contributed by atoms with Gasteiger partial charge in [0.15, 0.2) is 0 Å². The molecular weight excluding hydrogens is 468 g/mol. The molecule has 2 amide bonds. The highest BCUT2D eigenvalue weighted by Gasteiger charge is 2.45. The molecule has 170 valence electrons. The van der Waals surface area contributed by atoms with Crippen molar-refractivity contribution in [2.45, 2.75) is 65.7 Å². The largest absolute Gasteiger partial charge is 0.462 e. The number of hydrazine groups is 1. The smallest absolute Gasteiger partial charge is 0.433 e. The molecule has 0 aromatic heterocycles.